The monoisotopic (exact) mass is 386 g/mol. The highest BCUT2D eigenvalue weighted by molar-refractivity contribution is 8.76. The summed E-state index contributed by atoms with van der Waals surface area (Å²) in [5.74, 6) is 0. The van der Waals surface area contributed by atoms with Crippen LogP contribution in [0.2, 0.25) is 0 Å². The van der Waals surface area contributed by atoms with Crippen molar-refractivity contribution in [2.24, 2.45) is 0 Å². The van der Waals surface area contributed by atoms with Crippen molar-refractivity contribution < 1.29 is 34.0 Å². The van der Waals surface area contributed by atoms with E-state index in [0.29, 0.717) is 0 Å². The van der Waals surface area contributed by atoms with Gasteiger partial charge in [0.05, 0.1) is 14.2 Å². The Labute approximate surface area is 134 Å². The second-order valence-corrected chi connectivity index (χ2v) is 9.18. The molecule has 2 rings (SSSR count). The van der Waals surface area contributed by atoms with Crippen LogP contribution in [0.5, 0.6) is 0 Å². The van der Waals surface area contributed by atoms with Crippen molar-refractivity contribution in [3.8, 4) is 0 Å². The van der Waals surface area contributed by atoms with E-state index in [9.17, 15) is 16.8 Å². The molecule has 0 spiro atoms. The molecule has 2 heterocycles. The van der Waals surface area contributed by atoms with E-state index in [1.54, 1.807) is 0 Å². The third-order valence-corrected chi connectivity index (χ3v) is 6.86. The lowest BCUT2D eigenvalue weighted by Crippen LogP contribution is -2.00. The van der Waals surface area contributed by atoms with Gasteiger partial charge in [-0.05, 0) is 21.6 Å². The standard InChI is InChI=1S/C10H10O8S4/c1-15-21(11,12)7-3-9(17-5-7)19-20-10-4-8(6-18-10)22(13,14)16-2/h3-6H,1-2H3. The van der Waals surface area contributed by atoms with Gasteiger partial charge in [-0.1, -0.05) is 0 Å². The lowest BCUT2D eigenvalue weighted by molar-refractivity contribution is 0.395. The molecule has 0 radical (unpaired) electrons. The highest BCUT2D eigenvalue weighted by atomic mass is 33.1. The van der Waals surface area contributed by atoms with Gasteiger partial charge in [0.25, 0.3) is 20.2 Å². The Kier molecular flexibility index (Phi) is 5.29. The first-order chi connectivity index (χ1) is 10.3. The normalized spacial score (nSPS) is 12.6. The van der Waals surface area contributed by atoms with Crippen LogP contribution in [0.3, 0.4) is 0 Å². The molecule has 0 aliphatic rings. The summed E-state index contributed by atoms with van der Waals surface area (Å²) in [4.78, 5) is -0.222. The maximum atomic E-state index is 11.4. The van der Waals surface area contributed by atoms with Gasteiger partial charge < -0.3 is 8.83 Å². The van der Waals surface area contributed by atoms with Gasteiger partial charge >= 0.3 is 0 Å². The maximum Gasteiger partial charge on any atom is 0.299 e. The van der Waals surface area contributed by atoms with E-state index in [1.165, 1.54) is 12.1 Å². The highest BCUT2D eigenvalue weighted by Gasteiger charge is 2.19. The summed E-state index contributed by atoms with van der Waals surface area (Å²) in [6.07, 6.45) is 2.09. The Morgan fingerprint density at radius 2 is 1.18 bits per heavy atom. The Hall–Kier alpha value is -0.920. The average molecular weight is 386 g/mol. The lowest BCUT2D eigenvalue weighted by atomic mass is 10.7. The van der Waals surface area contributed by atoms with E-state index >= 15 is 0 Å². The highest BCUT2D eigenvalue weighted by Crippen LogP contribution is 2.40. The zero-order valence-electron chi connectivity index (χ0n) is 11.2. The van der Waals surface area contributed by atoms with Crippen LogP contribution in [0, 0.1) is 0 Å². The first-order valence-corrected chi connectivity index (χ1v) is 10.4. The number of hydrogen-bond donors (Lipinski definition) is 0. The zero-order chi connectivity index (χ0) is 16.4. The first kappa shape index (κ1) is 17.4. The van der Waals surface area contributed by atoms with Crippen molar-refractivity contribution in [1.29, 1.82) is 0 Å². The molecule has 0 unspecified atom stereocenters. The molecule has 0 saturated carbocycles. The average Bonchev–Trinajstić information content (AvgIpc) is 3.14. The van der Waals surface area contributed by atoms with Crippen LogP contribution in [-0.2, 0) is 28.6 Å². The predicted octanol–water partition coefficient (Wildman–Crippen LogP) is 2.34. The van der Waals surface area contributed by atoms with Crippen LogP contribution < -0.4 is 0 Å². The van der Waals surface area contributed by atoms with E-state index in [4.69, 9.17) is 8.83 Å². The largest absolute Gasteiger partial charge is 0.456 e. The minimum atomic E-state index is -3.81. The fourth-order valence-electron chi connectivity index (χ4n) is 1.22. The van der Waals surface area contributed by atoms with Crippen LogP contribution in [0.25, 0.3) is 0 Å². The molecule has 0 amide bonds. The molecule has 12 heteroatoms. The van der Waals surface area contributed by atoms with Crippen molar-refractivity contribution in [3.05, 3.63) is 24.7 Å². The van der Waals surface area contributed by atoms with Gasteiger partial charge in [0.2, 0.25) is 0 Å². The van der Waals surface area contributed by atoms with Crippen LogP contribution >= 0.6 is 21.6 Å². The molecule has 0 saturated heterocycles. The van der Waals surface area contributed by atoms with E-state index in [2.05, 4.69) is 8.37 Å². The van der Waals surface area contributed by atoms with Crippen LogP contribution in [0.1, 0.15) is 0 Å². The molecule has 0 aliphatic heterocycles. The molecular formula is C10H10O8S4. The van der Waals surface area contributed by atoms with E-state index in [-0.39, 0.29) is 20.0 Å². The van der Waals surface area contributed by atoms with Crippen molar-refractivity contribution in [1.82, 2.24) is 0 Å². The Balaban J connectivity index is 2.06. The van der Waals surface area contributed by atoms with Crippen LogP contribution in [-0.4, -0.2) is 31.1 Å². The third-order valence-electron chi connectivity index (χ3n) is 2.32. The van der Waals surface area contributed by atoms with Crippen molar-refractivity contribution in [2.45, 2.75) is 20.0 Å². The van der Waals surface area contributed by atoms with E-state index < -0.39 is 20.2 Å². The van der Waals surface area contributed by atoms with Crippen LogP contribution in [0.15, 0.2) is 53.5 Å². The van der Waals surface area contributed by atoms with Gasteiger partial charge in [0, 0.05) is 12.1 Å². The van der Waals surface area contributed by atoms with Gasteiger partial charge in [-0.25, -0.2) is 0 Å². The zero-order valence-corrected chi connectivity index (χ0v) is 14.5. The summed E-state index contributed by atoms with van der Waals surface area (Å²) >= 11 is 0. The topological polar surface area (TPSA) is 113 Å². The summed E-state index contributed by atoms with van der Waals surface area (Å²) in [5.41, 5.74) is 0. The third kappa shape index (κ3) is 3.88. The molecule has 0 aromatic carbocycles. The molecule has 2 aromatic rings. The Bertz CT molecular complexity index is 773. The molecule has 8 nitrogen and oxygen atoms in total. The quantitative estimate of drug-likeness (QED) is 0.519. The fraction of sp³-hybridized carbons (Fsp3) is 0.200. The molecule has 0 bridgehead atoms. The number of furan rings is 2. The summed E-state index contributed by atoms with van der Waals surface area (Å²) in [6, 6.07) is 2.57. The Morgan fingerprint density at radius 3 is 1.50 bits per heavy atom. The molecule has 122 valence electrons. The fourth-order valence-corrected chi connectivity index (χ4v) is 4.30. The molecule has 0 atom stereocenters. The second-order valence-electron chi connectivity index (χ2n) is 3.61. The SMILES string of the molecule is COS(=O)(=O)c1coc(SSc2cc(S(=O)(=O)OC)co2)c1. The maximum absolute atomic E-state index is 11.4. The minimum absolute atomic E-state index is 0.111. The summed E-state index contributed by atoms with van der Waals surface area (Å²) in [5, 5.41) is 0.571. The van der Waals surface area contributed by atoms with Gasteiger partial charge in [-0.3, -0.25) is 8.37 Å². The molecule has 2 aromatic heterocycles. The summed E-state index contributed by atoms with van der Waals surface area (Å²) in [7, 11) is -3.43. The van der Waals surface area contributed by atoms with Crippen molar-refractivity contribution >= 4 is 41.8 Å². The van der Waals surface area contributed by atoms with Gasteiger partial charge in [-0.2, -0.15) is 16.8 Å². The van der Waals surface area contributed by atoms with Crippen molar-refractivity contribution in [2.75, 3.05) is 14.2 Å². The molecule has 0 aliphatic carbocycles. The van der Waals surface area contributed by atoms with Gasteiger partial charge in [0.15, 0.2) is 10.2 Å². The Morgan fingerprint density at radius 1 is 0.818 bits per heavy atom. The summed E-state index contributed by atoms with van der Waals surface area (Å²) < 4.78 is 64.6. The van der Waals surface area contributed by atoms with Crippen LogP contribution in [0.4, 0.5) is 0 Å². The molecule has 0 N–H and O–H groups in total. The van der Waals surface area contributed by atoms with Crippen molar-refractivity contribution in [3.63, 3.8) is 0 Å². The molecular weight excluding hydrogens is 376 g/mol. The second kappa shape index (κ2) is 6.68. The van der Waals surface area contributed by atoms with Gasteiger partial charge in [-0.15, -0.1) is 0 Å². The smallest absolute Gasteiger partial charge is 0.299 e. The van der Waals surface area contributed by atoms with E-state index in [0.717, 1.165) is 48.3 Å². The lowest BCUT2D eigenvalue weighted by Gasteiger charge is -1.94. The number of hydrogen-bond acceptors (Lipinski definition) is 10. The number of rotatable bonds is 7. The van der Waals surface area contributed by atoms with E-state index in [1.807, 2.05) is 0 Å². The predicted molar refractivity (Wildman–Crippen MR) is 77.5 cm³/mol. The molecule has 22 heavy (non-hydrogen) atoms. The molecule has 0 fully saturated rings. The summed E-state index contributed by atoms with van der Waals surface area (Å²) in [6.45, 7) is 0. The first-order valence-electron chi connectivity index (χ1n) is 5.41. The van der Waals surface area contributed by atoms with Gasteiger partial charge in [0.1, 0.15) is 22.3 Å². The minimum Gasteiger partial charge on any atom is -0.456 e.